The standard InChI is InChI=1S/C9H8ClN3O2S/c1-14-5-7-12-6(10)4-8(13-7)16-9-11-2-3-15-9/h2-4H,5H2,1H3. The molecule has 0 atom stereocenters. The first-order chi connectivity index (χ1) is 7.78. The maximum atomic E-state index is 5.85. The molecule has 0 bridgehead atoms. The zero-order valence-corrected chi connectivity index (χ0v) is 9.96. The molecular formula is C9H8ClN3O2S. The van der Waals surface area contributed by atoms with Gasteiger partial charge in [0.15, 0.2) is 5.82 Å². The van der Waals surface area contributed by atoms with Crippen molar-refractivity contribution in [2.24, 2.45) is 0 Å². The van der Waals surface area contributed by atoms with Crippen LogP contribution in [0.1, 0.15) is 5.82 Å². The van der Waals surface area contributed by atoms with Gasteiger partial charge >= 0.3 is 0 Å². The lowest BCUT2D eigenvalue weighted by molar-refractivity contribution is 0.177. The summed E-state index contributed by atoms with van der Waals surface area (Å²) in [6, 6.07) is 1.65. The van der Waals surface area contributed by atoms with E-state index in [0.717, 1.165) is 0 Å². The molecule has 5 nitrogen and oxygen atoms in total. The van der Waals surface area contributed by atoms with Gasteiger partial charge in [-0.1, -0.05) is 11.6 Å². The lowest BCUT2D eigenvalue weighted by Gasteiger charge is -2.01. The van der Waals surface area contributed by atoms with Crippen LogP contribution in [-0.4, -0.2) is 22.1 Å². The van der Waals surface area contributed by atoms with Crippen LogP contribution in [0, 0.1) is 0 Å². The molecule has 0 amide bonds. The Balaban J connectivity index is 2.20. The quantitative estimate of drug-likeness (QED) is 0.784. The molecule has 0 spiro atoms. The summed E-state index contributed by atoms with van der Waals surface area (Å²) in [5, 5.41) is 1.56. The third-order valence-corrected chi connectivity index (χ3v) is 2.58. The van der Waals surface area contributed by atoms with Gasteiger partial charge in [-0.2, -0.15) is 0 Å². The summed E-state index contributed by atoms with van der Waals surface area (Å²) in [6.07, 6.45) is 3.07. The number of ether oxygens (including phenoxy) is 1. The van der Waals surface area contributed by atoms with E-state index in [1.54, 1.807) is 19.4 Å². The van der Waals surface area contributed by atoms with Crippen LogP contribution in [0.3, 0.4) is 0 Å². The van der Waals surface area contributed by atoms with E-state index in [2.05, 4.69) is 15.0 Å². The van der Waals surface area contributed by atoms with Crippen LogP contribution in [0.4, 0.5) is 0 Å². The van der Waals surface area contributed by atoms with Crippen molar-refractivity contribution in [1.82, 2.24) is 15.0 Å². The summed E-state index contributed by atoms with van der Waals surface area (Å²) in [4.78, 5) is 12.2. The molecule has 0 saturated carbocycles. The van der Waals surface area contributed by atoms with E-state index in [0.29, 0.717) is 27.8 Å². The van der Waals surface area contributed by atoms with Crippen molar-refractivity contribution in [3.8, 4) is 0 Å². The molecule has 0 N–H and O–H groups in total. The zero-order valence-electron chi connectivity index (χ0n) is 8.38. The smallest absolute Gasteiger partial charge is 0.261 e. The van der Waals surface area contributed by atoms with E-state index >= 15 is 0 Å². The predicted octanol–water partition coefficient (Wildman–Crippen LogP) is 2.42. The minimum Gasteiger partial charge on any atom is -0.440 e. The van der Waals surface area contributed by atoms with Crippen LogP contribution in [0.25, 0.3) is 0 Å². The highest BCUT2D eigenvalue weighted by Crippen LogP contribution is 2.25. The van der Waals surface area contributed by atoms with Gasteiger partial charge in [0.2, 0.25) is 0 Å². The van der Waals surface area contributed by atoms with Gasteiger partial charge in [0.25, 0.3) is 5.22 Å². The normalized spacial score (nSPS) is 10.6. The summed E-state index contributed by atoms with van der Waals surface area (Å²) in [6.45, 7) is 0.319. The van der Waals surface area contributed by atoms with E-state index < -0.39 is 0 Å². The van der Waals surface area contributed by atoms with Gasteiger partial charge < -0.3 is 9.15 Å². The van der Waals surface area contributed by atoms with Crippen molar-refractivity contribution in [2.75, 3.05) is 7.11 Å². The van der Waals surface area contributed by atoms with Crippen molar-refractivity contribution < 1.29 is 9.15 Å². The molecule has 0 aliphatic carbocycles. The van der Waals surface area contributed by atoms with Crippen LogP contribution in [0.2, 0.25) is 5.15 Å². The Morgan fingerprint density at radius 1 is 1.50 bits per heavy atom. The maximum Gasteiger partial charge on any atom is 0.261 e. The highest BCUT2D eigenvalue weighted by molar-refractivity contribution is 7.99. The molecule has 16 heavy (non-hydrogen) atoms. The SMILES string of the molecule is COCc1nc(Cl)cc(Sc2ncco2)n1. The second-order valence-corrected chi connectivity index (χ2v) is 4.14. The van der Waals surface area contributed by atoms with Gasteiger partial charge in [0.1, 0.15) is 23.0 Å². The van der Waals surface area contributed by atoms with Crippen molar-refractivity contribution >= 4 is 23.4 Å². The summed E-state index contributed by atoms with van der Waals surface area (Å²) in [5.74, 6) is 0.532. The maximum absolute atomic E-state index is 5.85. The van der Waals surface area contributed by atoms with Gasteiger partial charge in [0.05, 0.1) is 6.20 Å². The Kier molecular flexibility index (Phi) is 3.76. The Labute approximate surface area is 101 Å². The van der Waals surface area contributed by atoms with Gasteiger partial charge in [-0.25, -0.2) is 15.0 Å². The fraction of sp³-hybridized carbons (Fsp3) is 0.222. The third-order valence-electron chi connectivity index (χ3n) is 1.59. The molecule has 0 aliphatic heterocycles. The summed E-state index contributed by atoms with van der Waals surface area (Å²) in [7, 11) is 1.57. The second-order valence-electron chi connectivity index (χ2n) is 2.78. The Bertz CT molecular complexity index is 464. The molecule has 2 aromatic heterocycles. The fourth-order valence-corrected chi connectivity index (χ4v) is 2.02. The number of hydrogen-bond acceptors (Lipinski definition) is 6. The van der Waals surface area contributed by atoms with Crippen LogP contribution in [0.15, 0.2) is 33.2 Å². The lowest BCUT2D eigenvalue weighted by atomic mass is 10.6. The minimum absolute atomic E-state index is 0.319. The molecule has 84 valence electrons. The van der Waals surface area contributed by atoms with Crippen molar-refractivity contribution in [3.05, 3.63) is 29.5 Å². The van der Waals surface area contributed by atoms with E-state index in [9.17, 15) is 0 Å². The highest BCUT2D eigenvalue weighted by Gasteiger charge is 2.07. The molecule has 0 aromatic carbocycles. The number of oxazole rings is 1. The average Bonchev–Trinajstić information content (AvgIpc) is 2.70. The fourth-order valence-electron chi connectivity index (χ4n) is 1.04. The number of nitrogens with zero attached hydrogens (tertiary/aromatic N) is 3. The van der Waals surface area contributed by atoms with Crippen LogP contribution >= 0.6 is 23.4 Å². The Morgan fingerprint density at radius 2 is 2.38 bits per heavy atom. The van der Waals surface area contributed by atoms with E-state index in [4.69, 9.17) is 20.8 Å². The molecule has 2 aromatic rings. The number of methoxy groups -OCH3 is 1. The number of halogens is 1. The van der Waals surface area contributed by atoms with E-state index in [1.165, 1.54) is 18.0 Å². The molecular weight excluding hydrogens is 250 g/mol. The van der Waals surface area contributed by atoms with Gasteiger partial charge in [0, 0.05) is 13.2 Å². The second kappa shape index (κ2) is 5.29. The molecule has 0 fully saturated rings. The minimum atomic E-state index is 0.319. The molecule has 7 heteroatoms. The monoisotopic (exact) mass is 257 g/mol. The molecule has 0 radical (unpaired) electrons. The summed E-state index contributed by atoms with van der Waals surface area (Å²) in [5.41, 5.74) is 0. The van der Waals surface area contributed by atoms with E-state index in [1.807, 2.05) is 0 Å². The van der Waals surface area contributed by atoms with Gasteiger partial charge in [-0.15, -0.1) is 0 Å². The van der Waals surface area contributed by atoms with Crippen LogP contribution < -0.4 is 0 Å². The van der Waals surface area contributed by atoms with Crippen molar-refractivity contribution in [2.45, 2.75) is 16.9 Å². The van der Waals surface area contributed by atoms with Crippen LogP contribution in [0.5, 0.6) is 0 Å². The third kappa shape index (κ3) is 2.94. The van der Waals surface area contributed by atoms with E-state index in [-0.39, 0.29) is 0 Å². The largest absolute Gasteiger partial charge is 0.440 e. The average molecular weight is 258 g/mol. The summed E-state index contributed by atoms with van der Waals surface area (Å²) >= 11 is 7.13. The van der Waals surface area contributed by atoms with Crippen molar-refractivity contribution in [1.29, 1.82) is 0 Å². The molecule has 0 saturated heterocycles. The number of hydrogen-bond donors (Lipinski definition) is 0. The Hall–Kier alpha value is -1.11. The number of aromatic nitrogens is 3. The molecule has 0 unspecified atom stereocenters. The van der Waals surface area contributed by atoms with Crippen molar-refractivity contribution in [3.63, 3.8) is 0 Å². The van der Waals surface area contributed by atoms with Gasteiger partial charge in [-0.3, -0.25) is 0 Å². The first-order valence-electron chi connectivity index (χ1n) is 4.37. The first-order valence-corrected chi connectivity index (χ1v) is 5.57. The molecule has 0 aliphatic rings. The van der Waals surface area contributed by atoms with Crippen LogP contribution in [-0.2, 0) is 11.3 Å². The van der Waals surface area contributed by atoms with Gasteiger partial charge in [-0.05, 0) is 11.8 Å². The first kappa shape index (κ1) is 11.4. The predicted molar refractivity (Wildman–Crippen MR) is 58.4 cm³/mol. The summed E-state index contributed by atoms with van der Waals surface area (Å²) < 4.78 is 10.0. The lowest BCUT2D eigenvalue weighted by Crippen LogP contribution is -1.98. The topological polar surface area (TPSA) is 61.0 Å². The molecule has 2 heterocycles. The molecule has 2 rings (SSSR count). The zero-order chi connectivity index (χ0) is 11.4. The Morgan fingerprint density at radius 3 is 3.06 bits per heavy atom. The number of rotatable bonds is 4. The highest BCUT2D eigenvalue weighted by atomic mass is 35.5.